The Morgan fingerprint density at radius 2 is 2.12 bits per heavy atom. The van der Waals surface area contributed by atoms with Crippen LogP contribution in [0.3, 0.4) is 0 Å². The van der Waals surface area contributed by atoms with Crippen molar-refractivity contribution in [3.05, 3.63) is 0 Å². The Morgan fingerprint density at radius 1 is 1.50 bits per heavy atom. The number of β-amino-alcohol motifs (C(OH)–C–C–N with tert-alkyl or cyclic N) is 1. The third kappa shape index (κ3) is 4.13. The quantitative estimate of drug-likeness (QED) is 0.691. The molecule has 0 bridgehead atoms. The van der Waals surface area contributed by atoms with Gasteiger partial charge in [0.15, 0.2) is 0 Å². The minimum absolute atomic E-state index is 0.324. The van der Waals surface area contributed by atoms with E-state index in [0.29, 0.717) is 13.2 Å². The van der Waals surface area contributed by atoms with E-state index < -0.39 is 11.7 Å². The SMILES string of the molecule is C#C[C@](C)(CC)OC[C@H](O)CN1CCCC1. The van der Waals surface area contributed by atoms with Crippen molar-refractivity contribution in [3.8, 4) is 12.3 Å². The first-order chi connectivity index (χ1) is 7.59. The van der Waals surface area contributed by atoms with Crippen LogP contribution in [0.5, 0.6) is 0 Å². The molecule has 0 saturated carbocycles. The highest BCUT2D eigenvalue weighted by Gasteiger charge is 2.22. The molecule has 0 aromatic carbocycles. The van der Waals surface area contributed by atoms with Crippen LogP contribution < -0.4 is 0 Å². The van der Waals surface area contributed by atoms with Gasteiger partial charge in [-0.05, 0) is 39.3 Å². The molecule has 16 heavy (non-hydrogen) atoms. The number of nitrogens with zero attached hydrogens (tertiary/aromatic N) is 1. The van der Waals surface area contributed by atoms with Gasteiger partial charge in [0.05, 0.1) is 12.7 Å². The van der Waals surface area contributed by atoms with Crippen molar-refractivity contribution in [2.24, 2.45) is 0 Å². The van der Waals surface area contributed by atoms with Crippen molar-refractivity contribution < 1.29 is 9.84 Å². The van der Waals surface area contributed by atoms with Crippen LogP contribution in [0.15, 0.2) is 0 Å². The van der Waals surface area contributed by atoms with E-state index in [1.165, 1.54) is 12.8 Å². The number of ether oxygens (including phenoxy) is 1. The fourth-order valence-corrected chi connectivity index (χ4v) is 1.84. The number of rotatable bonds is 6. The second kappa shape index (κ2) is 6.24. The highest BCUT2D eigenvalue weighted by Crippen LogP contribution is 2.14. The molecule has 0 aliphatic carbocycles. The van der Waals surface area contributed by atoms with Crippen LogP contribution in [-0.4, -0.2) is 48.0 Å². The smallest absolute Gasteiger partial charge is 0.125 e. The maximum absolute atomic E-state index is 9.83. The Kier molecular flexibility index (Phi) is 5.27. The van der Waals surface area contributed by atoms with Crippen LogP contribution in [0, 0.1) is 12.3 Å². The maximum Gasteiger partial charge on any atom is 0.125 e. The van der Waals surface area contributed by atoms with Crippen molar-refractivity contribution in [2.45, 2.75) is 44.8 Å². The summed E-state index contributed by atoms with van der Waals surface area (Å²) < 4.78 is 5.59. The first-order valence-electron chi connectivity index (χ1n) is 6.12. The Balaban J connectivity index is 2.23. The second-order valence-corrected chi connectivity index (χ2v) is 4.70. The summed E-state index contributed by atoms with van der Waals surface area (Å²) in [6.45, 7) is 7.09. The normalized spacial score (nSPS) is 22.6. The van der Waals surface area contributed by atoms with Gasteiger partial charge in [-0.15, -0.1) is 6.42 Å². The van der Waals surface area contributed by atoms with E-state index in [0.717, 1.165) is 19.5 Å². The van der Waals surface area contributed by atoms with Gasteiger partial charge in [-0.25, -0.2) is 0 Å². The first-order valence-corrected chi connectivity index (χ1v) is 6.12. The maximum atomic E-state index is 9.83. The first kappa shape index (κ1) is 13.5. The molecule has 1 aliphatic rings. The molecule has 0 unspecified atom stereocenters. The average molecular weight is 225 g/mol. The third-order valence-corrected chi connectivity index (χ3v) is 3.24. The fraction of sp³-hybridized carbons (Fsp3) is 0.846. The minimum atomic E-state index is -0.536. The van der Waals surface area contributed by atoms with Crippen LogP contribution in [0.4, 0.5) is 0 Å². The Morgan fingerprint density at radius 3 is 2.62 bits per heavy atom. The van der Waals surface area contributed by atoms with Gasteiger partial charge in [-0.3, -0.25) is 0 Å². The van der Waals surface area contributed by atoms with Crippen LogP contribution in [0.1, 0.15) is 33.1 Å². The summed E-state index contributed by atoms with van der Waals surface area (Å²) in [5.74, 6) is 2.63. The monoisotopic (exact) mass is 225 g/mol. The Hall–Kier alpha value is -0.560. The van der Waals surface area contributed by atoms with Crippen LogP contribution >= 0.6 is 0 Å². The molecule has 1 N–H and O–H groups in total. The van der Waals surface area contributed by atoms with E-state index in [4.69, 9.17) is 11.2 Å². The summed E-state index contributed by atoms with van der Waals surface area (Å²) in [5, 5.41) is 9.83. The number of aliphatic hydroxyl groups is 1. The van der Waals surface area contributed by atoms with Gasteiger partial charge >= 0.3 is 0 Å². The second-order valence-electron chi connectivity index (χ2n) is 4.70. The largest absolute Gasteiger partial charge is 0.389 e. The number of terminal acetylenes is 1. The Bertz CT molecular complexity index is 243. The van der Waals surface area contributed by atoms with Crippen molar-refractivity contribution in [1.82, 2.24) is 4.90 Å². The average Bonchev–Trinajstić information content (AvgIpc) is 2.79. The topological polar surface area (TPSA) is 32.7 Å². The molecule has 1 saturated heterocycles. The summed E-state index contributed by atoms with van der Waals surface area (Å²) in [4.78, 5) is 2.27. The highest BCUT2D eigenvalue weighted by atomic mass is 16.5. The summed E-state index contributed by atoms with van der Waals surface area (Å²) in [6.07, 6.45) is 8.21. The predicted molar refractivity (Wildman–Crippen MR) is 65.2 cm³/mol. The molecule has 0 aromatic rings. The van der Waals surface area contributed by atoms with Crippen LogP contribution in [0.25, 0.3) is 0 Å². The van der Waals surface area contributed by atoms with Gasteiger partial charge in [0.25, 0.3) is 0 Å². The fourth-order valence-electron chi connectivity index (χ4n) is 1.84. The zero-order valence-corrected chi connectivity index (χ0v) is 10.4. The zero-order chi connectivity index (χ0) is 12.0. The van der Waals surface area contributed by atoms with Gasteiger partial charge in [-0.1, -0.05) is 12.8 Å². The number of aliphatic hydroxyl groups excluding tert-OH is 1. The number of likely N-dealkylation sites (tertiary alicyclic amines) is 1. The minimum Gasteiger partial charge on any atom is -0.389 e. The molecule has 92 valence electrons. The van der Waals surface area contributed by atoms with Crippen LogP contribution in [0.2, 0.25) is 0 Å². The molecule has 0 radical (unpaired) electrons. The van der Waals surface area contributed by atoms with E-state index in [2.05, 4.69) is 10.8 Å². The summed E-state index contributed by atoms with van der Waals surface area (Å²) >= 11 is 0. The standard InChI is InChI=1S/C13H23NO2/c1-4-13(3,5-2)16-11-12(15)10-14-8-6-7-9-14/h1,12,15H,5-11H2,2-3H3/t12-,13-/m1/s1. The third-order valence-electron chi connectivity index (χ3n) is 3.24. The molecule has 1 heterocycles. The predicted octanol–water partition coefficient (Wildman–Crippen LogP) is 1.26. The van der Waals surface area contributed by atoms with E-state index >= 15 is 0 Å². The van der Waals surface area contributed by atoms with Crippen molar-refractivity contribution in [1.29, 1.82) is 0 Å². The molecule has 0 amide bonds. The molecule has 1 rings (SSSR count). The number of hydrogen-bond donors (Lipinski definition) is 1. The summed E-state index contributed by atoms with van der Waals surface area (Å²) in [6, 6.07) is 0. The lowest BCUT2D eigenvalue weighted by molar-refractivity contribution is -0.0455. The van der Waals surface area contributed by atoms with E-state index in [-0.39, 0.29) is 0 Å². The van der Waals surface area contributed by atoms with Gasteiger partial charge in [0.2, 0.25) is 0 Å². The highest BCUT2D eigenvalue weighted by molar-refractivity contribution is 5.05. The molecule has 1 aliphatic heterocycles. The summed E-state index contributed by atoms with van der Waals surface area (Å²) in [7, 11) is 0. The van der Waals surface area contributed by atoms with Gasteiger partial charge in [0.1, 0.15) is 5.60 Å². The lowest BCUT2D eigenvalue weighted by atomic mass is 10.1. The molecule has 0 aromatic heterocycles. The van der Waals surface area contributed by atoms with Gasteiger partial charge in [0, 0.05) is 6.54 Å². The van der Waals surface area contributed by atoms with E-state index in [1.54, 1.807) is 0 Å². The Labute approximate surface area is 98.8 Å². The molecular weight excluding hydrogens is 202 g/mol. The van der Waals surface area contributed by atoms with E-state index in [9.17, 15) is 5.11 Å². The number of hydrogen-bond acceptors (Lipinski definition) is 3. The van der Waals surface area contributed by atoms with Crippen molar-refractivity contribution in [3.63, 3.8) is 0 Å². The van der Waals surface area contributed by atoms with Crippen molar-refractivity contribution in [2.75, 3.05) is 26.2 Å². The molecule has 1 fully saturated rings. The molecule has 2 atom stereocenters. The van der Waals surface area contributed by atoms with Gasteiger partial charge in [-0.2, -0.15) is 0 Å². The molecule has 3 nitrogen and oxygen atoms in total. The van der Waals surface area contributed by atoms with E-state index in [1.807, 2.05) is 13.8 Å². The molecular formula is C13H23NO2. The van der Waals surface area contributed by atoms with Gasteiger partial charge < -0.3 is 14.7 Å². The summed E-state index contributed by atoms with van der Waals surface area (Å²) in [5.41, 5.74) is -0.536. The lowest BCUT2D eigenvalue weighted by Gasteiger charge is -2.26. The lowest BCUT2D eigenvalue weighted by Crippen LogP contribution is -2.36. The zero-order valence-electron chi connectivity index (χ0n) is 10.4. The molecule has 3 heteroatoms. The molecule has 0 spiro atoms. The van der Waals surface area contributed by atoms with Crippen molar-refractivity contribution >= 4 is 0 Å². The van der Waals surface area contributed by atoms with Crippen LogP contribution in [-0.2, 0) is 4.74 Å².